The van der Waals surface area contributed by atoms with Gasteiger partial charge in [-0.25, -0.2) is 4.79 Å². The maximum Gasteiger partial charge on any atom is 0.336 e. The van der Waals surface area contributed by atoms with E-state index in [1.54, 1.807) is 12.1 Å². The molecule has 1 N–H and O–H groups in total. The van der Waals surface area contributed by atoms with Gasteiger partial charge in [-0.2, -0.15) is 0 Å². The number of hydrogen-bond donors (Lipinski definition) is 1. The first-order valence-corrected chi connectivity index (χ1v) is 3.88. The van der Waals surface area contributed by atoms with Gasteiger partial charge in [-0.3, -0.25) is 0 Å². The van der Waals surface area contributed by atoms with Crippen LogP contribution >= 0.6 is 0 Å². The molecule has 1 aromatic carbocycles. The van der Waals surface area contributed by atoms with Gasteiger partial charge in [0.05, 0.1) is 12.7 Å². The predicted octanol–water partition coefficient (Wildman–Crippen LogP) is 1.77. The van der Waals surface area contributed by atoms with E-state index in [-0.39, 0.29) is 5.56 Å². The van der Waals surface area contributed by atoms with E-state index in [1.807, 2.05) is 0 Å². The quantitative estimate of drug-likeness (QED) is 0.769. The largest absolute Gasteiger partial charge is 0.497 e. The Morgan fingerprint density at radius 1 is 1.62 bits per heavy atom. The zero-order valence-electron chi connectivity index (χ0n) is 7.41. The number of benzene rings is 1. The van der Waals surface area contributed by atoms with Gasteiger partial charge < -0.3 is 9.84 Å². The lowest BCUT2D eigenvalue weighted by atomic mass is 10.1. The van der Waals surface area contributed by atoms with Crippen LogP contribution in [0.5, 0.6) is 5.75 Å². The van der Waals surface area contributed by atoms with Crippen LogP contribution in [-0.4, -0.2) is 18.2 Å². The van der Waals surface area contributed by atoms with Crippen LogP contribution in [0.3, 0.4) is 0 Å². The SMILES string of the molecule is [CH2]Cc1ccc(OC)cc1C(=O)O. The molecule has 0 heterocycles. The molecule has 0 fully saturated rings. The van der Waals surface area contributed by atoms with Gasteiger partial charge >= 0.3 is 5.97 Å². The lowest BCUT2D eigenvalue weighted by Gasteiger charge is -2.05. The van der Waals surface area contributed by atoms with E-state index >= 15 is 0 Å². The number of methoxy groups -OCH3 is 1. The van der Waals surface area contributed by atoms with Crippen LogP contribution in [-0.2, 0) is 6.42 Å². The molecule has 0 aliphatic heterocycles. The van der Waals surface area contributed by atoms with Crippen molar-refractivity contribution in [2.45, 2.75) is 6.42 Å². The number of carbonyl (C=O) groups is 1. The summed E-state index contributed by atoms with van der Waals surface area (Å²) in [4.78, 5) is 10.8. The zero-order chi connectivity index (χ0) is 9.84. The topological polar surface area (TPSA) is 46.5 Å². The fourth-order valence-corrected chi connectivity index (χ4v) is 1.10. The highest BCUT2D eigenvalue weighted by Gasteiger charge is 2.09. The minimum absolute atomic E-state index is 0.259. The molecule has 1 aromatic rings. The number of ether oxygens (including phenoxy) is 1. The molecule has 0 saturated heterocycles. The molecule has 0 aliphatic rings. The first-order valence-electron chi connectivity index (χ1n) is 3.88. The third kappa shape index (κ3) is 1.99. The summed E-state index contributed by atoms with van der Waals surface area (Å²) in [6.45, 7) is 3.65. The fourth-order valence-electron chi connectivity index (χ4n) is 1.10. The van der Waals surface area contributed by atoms with Crippen LogP contribution in [0.15, 0.2) is 18.2 Å². The monoisotopic (exact) mass is 179 g/mol. The standard InChI is InChI=1S/C10H11O3/c1-3-7-4-5-8(13-2)6-9(7)10(11)12/h4-6H,1,3H2,2H3,(H,11,12). The lowest BCUT2D eigenvalue weighted by Crippen LogP contribution is -2.02. The molecule has 0 atom stereocenters. The van der Waals surface area contributed by atoms with Crippen LogP contribution in [0, 0.1) is 6.92 Å². The third-order valence-electron chi connectivity index (χ3n) is 1.82. The highest BCUT2D eigenvalue weighted by Crippen LogP contribution is 2.17. The summed E-state index contributed by atoms with van der Waals surface area (Å²) in [6, 6.07) is 4.95. The van der Waals surface area contributed by atoms with E-state index in [4.69, 9.17) is 9.84 Å². The molecule has 69 valence electrons. The molecule has 3 heteroatoms. The van der Waals surface area contributed by atoms with E-state index in [9.17, 15) is 4.79 Å². The Labute approximate surface area is 77.0 Å². The van der Waals surface area contributed by atoms with Gasteiger partial charge in [0.1, 0.15) is 5.75 Å². The highest BCUT2D eigenvalue weighted by atomic mass is 16.5. The molecule has 1 radical (unpaired) electrons. The summed E-state index contributed by atoms with van der Waals surface area (Å²) in [6.07, 6.45) is 0.464. The third-order valence-corrected chi connectivity index (χ3v) is 1.82. The first-order chi connectivity index (χ1) is 6.19. The van der Waals surface area contributed by atoms with Crippen LogP contribution in [0.1, 0.15) is 15.9 Å². The molecule has 3 nitrogen and oxygen atoms in total. The normalized spacial score (nSPS) is 9.69. The smallest absolute Gasteiger partial charge is 0.336 e. The number of rotatable bonds is 3. The van der Waals surface area contributed by atoms with Crippen molar-refractivity contribution in [1.82, 2.24) is 0 Å². The minimum atomic E-state index is -0.947. The molecule has 1 rings (SSSR count). The summed E-state index contributed by atoms with van der Waals surface area (Å²) < 4.78 is 4.92. The van der Waals surface area contributed by atoms with Gasteiger partial charge in [0, 0.05) is 0 Å². The van der Waals surface area contributed by atoms with Gasteiger partial charge in [-0.15, -0.1) is 0 Å². The zero-order valence-corrected chi connectivity index (χ0v) is 7.41. The van der Waals surface area contributed by atoms with Crippen molar-refractivity contribution in [3.8, 4) is 5.75 Å². The Morgan fingerprint density at radius 2 is 2.31 bits per heavy atom. The van der Waals surface area contributed by atoms with Crippen molar-refractivity contribution >= 4 is 5.97 Å². The number of carboxylic acids is 1. The fraction of sp³-hybridized carbons (Fsp3) is 0.200. The Kier molecular flexibility index (Phi) is 2.90. The lowest BCUT2D eigenvalue weighted by molar-refractivity contribution is 0.0695. The van der Waals surface area contributed by atoms with Crippen LogP contribution in [0.25, 0.3) is 0 Å². The van der Waals surface area contributed by atoms with Gasteiger partial charge in [0.25, 0.3) is 0 Å². The second-order valence-electron chi connectivity index (χ2n) is 2.58. The maximum atomic E-state index is 10.8. The first kappa shape index (κ1) is 9.58. The molecule has 0 aliphatic carbocycles. The Bertz CT molecular complexity index is 318. The molecular weight excluding hydrogens is 168 g/mol. The van der Waals surface area contributed by atoms with Crippen LogP contribution in [0.2, 0.25) is 0 Å². The minimum Gasteiger partial charge on any atom is -0.497 e. The van der Waals surface area contributed by atoms with Crippen LogP contribution in [0.4, 0.5) is 0 Å². The average molecular weight is 179 g/mol. The molecule has 0 unspecified atom stereocenters. The summed E-state index contributed by atoms with van der Waals surface area (Å²) in [5.41, 5.74) is 0.975. The van der Waals surface area contributed by atoms with Crippen molar-refractivity contribution < 1.29 is 14.6 Å². The van der Waals surface area contributed by atoms with Crippen LogP contribution < -0.4 is 4.74 Å². The van der Waals surface area contributed by atoms with E-state index < -0.39 is 5.97 Å². The summed E-state index contributed by atoms with van der Waals surface area (Å²) in [5.74, 6) is -0.396. The van der Waals surface area contributed by atoms with Crippen molar-refractivity contribution in [3.63, 3.8) is 0 Å². The van der Waals surface area contributed by atoms with Gasteiger partial charge in [0.2, 0.25) is 0 Å². The second kappa shape index (κ2) is 3.94. The highest BCUT2D eigenvalue weighted by molar-refractivity contribution is 5.89. The molecule has 0 aromatic heterocycles. The molecule has 0 bridgehead atoms. The Balaban J connectivity index is 3.18. The van der Waals surface area contributed by atoms with E-state index in [0.29, 0.717) is 17.7 Å². The van der Waals surface area contributed by atoms with E-state index in [2.05, 4.69) is 6.92 Å². The average Bonchev–Trinajstić information content (AvgIpc) is 2.16. The number of aromatic carboxylic acids is 1. The van der Waals surface area contributed by atoms with Gasteiger partial charge in [-0.05, 0) is 31.0 Å². The Morgan fingerprint density at radius 3 is 2.77 bits per heavy atom. The van der Waals surface area contributed by atoms with Gasteiger partial charge in [0.15, 0.2) is 0 Å². The second-order valence-corrected chi connectivity index (χ2v) is 2.58. The summed E-state index contributed by atoms with van der Waals surface area (Å²) in [7, 11) is 1.50. The summed E-state index contributed by atoms with van der Waals surface area (Å²) in [5, 5.41) is 8.83. The van der Waals surface area contributed by atoms with Crippen molar-refractivity contribution in [2.24, 2.45) is 0 Å². The summed E-state index contributed by atoms with van der Waals surface area (Å²) >= 11 is 0. The Hall–Kier alpha value is -1.51. The van der Waals surface area contributed by atoms with Crippen molar-refractivity contribution in [2.75, 3.05) is 7.11 Å². The number of carboxylic acid groups (broad SMARTS) is 1. The predicted molar refractivity (Wildman–Crippen MR) is 49.0 cm³/mol. The number of hydrogen-bond acceptors (Lipinski definition) is 2. The van der Waals surface area contributed by atoms with Gasteiger partial charge in [-0.1, -0.05) is 6.07 Å². The maximum absolute atomic E-state index is 10.8. The molecule has 0 saturated carbocycles. The van der Waals surface area contributed by atoms with E-state index in [0.717, 1.165) is 0 Å². The molecule has 0 amide bonds. The van der Waals surface area contributed by atoms with Crippen molar-refractivity contribution in [3.05, 3.63) is 36.2 Å². The van der Waals surface area contributed by atoms with E-state index in [1.165, 1.54) is 13.2 Å². The molecular formula is C10H11O3. The molecule has 13 heavy (non-hydrogen) atoms. The molecule has 0 spiro atoms. The van der Waals surface area contributed by atoms with Crippen molar-refractivity contribution in [1.29, 1.82) is 0 Å².